The number of carbonyl (C=O) groups is 2. The lowest BCUT2D eigenvalue weighted by atomic mass is 9.96. The van der Waals surface area contributed by atoms with Crippen LogP contribution in [0.4, 0.5) is 5.69 Å². The molecule has 0 saturated carbocycles. The molecule has 0 radical (unpaired) electrons. The van der Waals surface area contributed by atoms with Gasteiger partial charge in [-0.2, -0.15) is 0 Å². The number of ketones is 1. The van der Waals surface area contributed by atoms with Gasteiger partial charge >= 0.3 is 0 Å². The van der Waals surface area contributed by atoms with Crippen LogP contribution in [0, 0.1) is 5.92 Å². The monoisotopic (exact) mass is 358 g/mol. The zero-order chi connectivity index (χ0) is 18.4. The number of hydrogen-bond donors (Lipinski definition) is 2. The quantitative estimate of drug-likeness (QED) is 0.718. The third-order valence-electron chi connectivity index (χ3n) is 3.93. The highest BCUT2D eigenvalue weighted by atomic mass is 35.5. The second kappa shape index (κ2) is 8.79. The van der Waals surface area contributed by atoms with Gasteiger partial charge in [0.2, 0.25) is 5.91 Å². The standard InChI is InChI=1S/C20H23ClN2O2/c1-13(2)20(15-7-9-17(21)10-8-15)22-12-19(25)23-18-6-4-5-16(11-18)14(3)24/h4-11,13,20,22H,12H2,1-3H3,(H,23,25). The van der Waals surface area contributed by atoms with Crippen LogP contribution in [0.1, 0.15) is 42.7 Å². The van der Waals surface area contributed by atoms with Crippen LogP contribution in [-0.4, -0.2) is 18.2 Å². The molecule has 1 atom stereocenters. The second-order valence-electron chi connectivity index (χ2n) is 6.34. The second-order valence-corrected chi connectivity index (χ2v) is 6.78. The fourth-order valence-corrected chi connectivity index (χ4v) is 2.76. The average Bonchev–Trinajstić information content (AvgIpc) is 2.56. The van der Waals surface area contributed by atoms with E-state index in [1.165, 1.54) is 6.92 Å². The SMILES string of the molecule is CC(=O)c1cccc(NC(=O)CNC(c2ccc(Cl)cc2)C(C)C)c1. The van der Waals surface area contributed by atoms with Crippen LogP contribution in [0.5, 0.6) is 0 Å². The van der Waals surface area contributed by atoms with E-state index in [0.717, 1.165) is 5.56 Å². The van der Waals surface area contributed by atoms with Crippen molar-refractivity contribution in [2.45, 2.75) is 26.8 Å². The molecule has 0 aliphatic carbocycles. The van der Waals surface area contributed by atoms with E-state index in [1.807, 2.05) is 24.3 Å². The number of anilines is 1. The summed E-state index contributed by atoms with van der Waals surface area (Å²) in [6.45, 7) is 5.87. The third-order valence-corrected chi connectivity index (χ3v) is 4.18. The van der Waals surface area contributed by atoms with E-state index in [2.05, 4.69) is 24.5 Å². The Hall–Kier alpha value is -2.17. The van der Waals surface area contributed by atoms with E-state index in [-0.39, 0.29) is 24.3 Å². The molecule has 0 aromatic heterocycles. The van der Waals surface area contributed by atoms with Gasteiger partial charge in [0.1, 0.15) is 0 Å². The summed E-state index contributed by atoms with van der Waals surface area (Å²) in [5.41, 5.74) is 2.28. The number of nitrogens with one attached hydrogen (secondary N) is 2. The number of rotatable bonds is 7. The summed E-state index contributed by atoms with van der Waals surface area (Å²) in [4.78, 5) is 23.6. The van der Waals surface area contributed by atoms with Gasteiger partial charge in [-0.3, -0.25) is 9.59 Å². The minimum Gasteiger partial charge on any atom is -0.325 e. The summed E-state index contributed by atoms with van der Waals surface area (Å²) in [5, 5.41) is 6.80. The minimum absolute atomic E-state index is 0.0307. The van der Waals surface area contributed by atoms with Crippen molar-refractivity contribution in [1.29, 1.82) is 0 Å². The molecule has 2 N–H and O–H groups in total. The molecule has 25 heavy (non-hydrogen) atoms. The molecule has 2 aromatic carbocycles. The molecular weight excluding hydrogens is 336 g/mol. The zero-order valence-electron chi connectivity index (χ0n) is 14.7. The molecule has 1 unspecified atom stereocenters. The molecule has 0 heterocycles. The van der Waals surface area contributed by atoms with Gasteiger partial charge in [-0.25, -0.2) is 0 Å². The normalized spacial score (nSPS) is 12.0. The first-order valence-electron chi connectivity index (χ1n) is 8.26. The molecule has 0 aliphatic heterocycles. The highest BCUT2D eigenvalue weighted by molar-refractivity contribution is 6.30. The summed E-state index contributed by atoms with van der Waals surface area (Å²) < 4.78 is 0. The summed E-state index contributed by atoms with van der Waals surface area (Å²) in [5.74, 6) is 0.132. The third kappa shape index (κ3) is 5.69. The molecule has 0 aliphatic rings. The molecule has 4 nitrogen and oxygen atoms in total. The Morgan fingerprint density at radius 3 is 2.36 bits per heavy atom. The Labute approximate surface area is 153 Å². The number of benzene rings is 2. The van der Waals surface area contributed by atoms with E-state index >= 15 is 0 Å². The number of carbonyl (C=O) groups excluding carboxylic acids is 2. The molecule has 132 valence electrons. The van der Waals surface area contributed by atoms with Gasteiger partial charge in [0.15, 0.2) is 5.78 Å². The molecule has 0 bridgehead atoms. The molecule has 0 fully saturated rings. The van der Waals surface area contributed by atoms with Crippen LogP contribution in [0.2, 0.25) is 5.02 Å². The van der Waals surface area contributed by atoms with Crippen molar-refractivity contribution in [3.63, 3.8) is 0 Å². The van der Waals surface area contributed by atoms with Crippen molar-refractivity contribution in [2.24, 2.45) is 5.92 Å². The first-order chi connectivity index (χ1) is 11.9. The summed E-state index contributed by atoms with van der Waals surface area (Å²) in [7, 11) is 0. The summed E-state index contributed by atoms with van der Waals surface area (Å²) in [6.07, 6.45) is 0. The maximum atomic E-state index is 12.2. The molecule has 0 saturated heterocycles. The van der Waals surface area contributed by atoms with Gasteiger partial charge in [0.25, 0.3) is 0 Å². The maximum absolute atomic E-state index is 12.2. The Kier molecular flexibility index (Phi) is 6.73. The fourth-order valence-electron chi connectivity index (χ4n) is 2.63. The highest BCUT2D eigenvalue weighted by Gasteiger charge is 2.16. The Bertz CT molecular complexity index is 742. The van der Waals surface area contributed by atoms with Crippen LogP contribution in [0.15, 0.2) is 48.5 Å². The Morgan fingerprint density at radius 1 is 1.08 bits per heavy atom. The van der Waals surface area contributed by atoms with Crippen molar-refractivity contribution < 1.29 is 9.59 Å². The number of amides is 1. The van der Waals surface area contributed by atoms with Crippen molar-refractivity contribution in [3.8, 4) is 0 Å². The molecule has 1 amide bonds. The van der Waals surface area contributed by atoms with Crippen molar-refractivity contribution in [2.75, 3.05) is 11.9 Å². The predicted molar refractivity (Wildman–Crippen MR) is 102 cm³/mol. The van der Waals surface area contributed by atoms with Gasteiger partial charge < -0.3 is 10.6 Å². The van der Waals surface area contributed by atoms with Gasteiger partial charge in [0.05, 0.1) is 6.54 Å². The number of hydrogen-bond acceptors (Lipinski definition) is 3. The highest BCUT2D eigenvalue weighted by Crippen LogP contribution is 2.23. The predicted octanol–water partition coefficient (Wildman–Crippen LogP) is 4.47. The molecule has 0 spiro atoms. The van der Waals surface area contributed by atoms with Crippen molar-refractivity contribution in [1.82, 2.24) is 5.32 Å². The Morgan fingerprint density at radius 2 is 1.76 bits per heavy atom. The lowest BCUT2D eigenvalue weighted by molar-refractivity contribution is -0.115. The van der Waals surface area contributed by atoms with E-state index in [9.17, 15) is 9.59 Å². The van der Waals surface area contributed by atoms with E-state index in [0.29, 0.717) is 22.2 Å². The van der Waals surface area contributed by atoms with Crippen LogP contribution < -0.4 is 10.6 Å². The van der Waals surface area contributed by atoms with Crippen LogP contribution >= 0.6 is 11.6 Å². The summed E-state index contributed by atoms with van der Waals surface area (Å²) in [6, 6.07) is 14.6. The Balaban J connectivity index is 1.98. The van der Waals surface area contributed by atoms with E-state index < -0.39 is 0 Å². The first kappa shape index (κ1) is 19.2. The topological polar surface area (TPSA) is 58.2 Å². The van der Waals surface area contributed by atoms with Crippen LogP contribution in [0.25, 0.3) is 0 Å². The molecule has 2 rings (SSSR count). The summed E-state index contributed by atoms with van der Waals surface area (Å²) >= 11 is 5.94. The average molecular weight is 359 g/mol. The van der Waals surface area contributed by atoms with E-state index in [1.54, 1.807) is 24.3 Å². The smallest absolute Gasteiger partial charge is 0.238 e. The van der Waals surface area contributed by atoms with Crippen LogP contribution in [0.3, 0.4) is 0 Å². The maximum Gasteiger partial charge on any atom is 0.238 e. The number of halogens is 1. The fraction of sp³-hybridized carbons (Fsp3) is 0.300. The van der Waals surface area contributed by atoms with Crippen molar-refractivity contribution >= 4 is 29.0 Å². The molecule has 2 aromatic rings. The zero-order valence-corrected chi connectivity index (χ0v) is 15.4. The van der Waals surface area contributed by atoms with Gasteiger partial charge in [-0.05, 0) is 42.7 Å². The lowest BCUT2D eigenvalue weighted by Gasteiger charge is -2.23. The van der Waals surface area contributed by atoms with Gasteiger partial charge in [-0.15, -0.1) is 0 Å². The van der Waals surface area contributed by atoms with E-state index in [4.69, 9.17) is 11.6 Å². The van der Waals surface area contributed by atoms with Gasteiger partial charge in [0, 0.05) is 22.3 Å². The first-order valence-corrected chi connectivity index (χ1v) is 8.64. The molecular formula is C20H23ClN2O2. The van der Waals surface area contributed by atoms with Gasteiger partial charge in [-0.1, -0.05) is 49.7 Å². The van der Waals surface area contributed by atoms with Crippen molar-refractivity contribution in [3.05, 3.63) is 64.7 Å². The lowest BCUT2D eigenvalue weighted by Crippen LogP contribution is -2.33. The molecule has 5 heteroatoms. The minimum atomic E-state index is -0.152. The van der Waals surface area contributed by atoms with Crippen LogP contribution in [-0.2, 0) is 4.79 Å². The number of Topliss-reactive ketones (excluding diaryl/α,β-unsaturated/α-hetero) is 1. The largest absolute Gasteiger partial charge is 0.325 e.